The van der Waals surface area contributed by atoms with Crippen LogP contribution < -0.4 is 20.3 Å². The first kappa shape index (κ1) is 36.8. The van der Waals surface area contributed by atoms with Gasteiger partial charge in [0, 0.05) is 84.9 Å². The fraction of sp³-hybridized carbons (Fsp3) is 0.436. The second kappa shape index (κ2) is 14.0. The molecule has 3 aromatic rings. The van der Waals surface area contributed by atoms with E-state index in [-0.39, 0.29) is 47.1 Å². The van der Waals surface area contributed by atoms with E-state index >= 15 is 0 Å². The number of hydrogen-bond acceptors (Lipinski definition) is 9. The smallest absolute Gasteiger partial charge is 0.255 e. The van der Waals surface area contributed by atoms with Gasteiger partial charge in [-0.05, 0) is 47.9 Å². The van der Waals surface area contributed by atoms with Crippen molar-refractivity contribution in [3.8, 4) is 11.8 Å². The molecule has 0 spiro atoms. The quantitative estimate of drug-likeness (QED) is 0.298. The molecule has 3 fully saturated rings. The standard InChI is InChI=1S/C39H41BrClN7O5/c1-38(2)36(39(3,4)37(38)53-25-8-5-22(18-42)28(41)17-25)45-33(50)23-7-11-30(43-19-23)47-15-13-46(14-16-47)20-24-6-9-26-27(32(24)40)21-48(35(26)52)29-10-12-31(49)44-34(29)51/h5-9,11,17,19,29,36-37H,10,12-16,20-21H2,1-4H3,(H,45,50)(H,44,49,51). The molecule has 1 atom stereocenters. The summed E-state index contributed by atoms with van der Waals surface area (Å²) in [5.41, 5.74) is 2.64. The van der Waals surface area contributed by atoms with Crippen LogP contribution >= 0.6 is 27.5 Å². The number of carbonyl (C=O) groups is 4. The van der Waals surface area contributed by atoms with Gasteiger partial charge in [-0.3, -0.25) is 29.4 Å². The number of aromatic nitrogens is 1. The molecule has 1 saturated carbocycles. The van der Waals surface area contributed by atoms with Gasteiger partial charge < -0.3 is 19.9 Å². The van der Waals surface area contributed by atoms with Gasteiger partial charge in [0.25, 0.3) is 11.8 Å². The van der Waals surface area contributed by atoms with Crippen molar-refractivity contribution in [3.63, 3.8) is 0 Å². The predicted octanol–water partition coefficient (Wildman–Crippen LogP) is 5.06. The Hall–Kier alpha value is -4.51. The molecule has 1 unspecified atom stereocenters. The number of ether oxygens (including phenoxy) is 1. The van der Waals surface area contributed by atoms with E-state index in [1.165, 1.54) is 0 Å². The molecule has 14 heteroatoms. The predicted molar refractivity (Wildman–Crippen MR) is 201 cm³/mol. The number of carbonyl (C=O) groups excluding carboxylic acids is 4. The van der Waals surface area contributed by atoms with E-state index in [1.54, 1.807) is 29.3 Å². The highest BCUT2D eigenvalue weighted by molar-refractivity contribution is 9.10. The first-order valence-electron chi connectivity index (χ1n) is 17.7. The van der Waals surface area contributed by atoms with Crippen LogP contribution in [0, 0.1) is 22.2 Å². The van der Waals surface area contributed by atoms with Crippen molar-refractivity contribution >= 4 is 57.0 Å². The van der Waals surface area contributed by atoms with Crippen molar-refractivity contribution in [1.29, 1.82) is 5.26 Å². The number of pyridine rings is 1. The zero-order valence-corrected chi connectivity index (χ0v) is 32.4. The van der Waals surface area contributed by atoms with E-state index in [9.17, 15) is 24.4 Å². The summed E-state index contributed by atoms with van der Waals surface area (Å²) in [5, 5.41) is 15.1. The average molecular weight is 803 g/mol. The van der Waals surface area contributed by atoms with Crippen LogP contribution in [0.1, 0.15) is 77.9 Å². The minimum atomic E-state index is -0.647. The van der Waals surface area contributed by atoms with Gasteiger partial charge in [0.2, 0.25) is 11.8 Å². The van der Waals surface area contributed by atoms with E-state index < -0.39 is 11.9 Å². The van der Waals surface area contributed by atoms with Gasteiger partial charge in [0.15, 0.2) is 0 Å². The molecular weight excluding hydrogens is 762 g/mol. The van der Waals surface area contributed by atoms with Gasteiger partial charge in [-0.25, -0.2) is 4.98 Å². The van der Waals surface area contributed by atoms with Crippen LogP contribution in [-0.4, -0.2) is 82.8 Å². The van der Waals surface area contributed by atoms with Gasteiger partial charge >= 0.3 is 0 Å². The molecule has 0 bridgehead atoms. The molecule has 12 nitrogen and oxygen atoms in total. The summed E-state index contributed by atoms with van der Waals surface area (Å²) in [7, 11) is 0. The van der Waals surface area contributed by atoms with Crippen molar-refractivity contribution < 1.29 is 23.9 Å². The molecule has 1 aromatic heterocycles. The van der Waals surface area contributed by atoms with Crippen LogP contribution in [0.25, 0.3) is 0 Å². The number of anilines is 1. The third-order valence-electron chi connectivity index (χ3n) is 11.3. The van der Waals surface area contributed by atoms with Crippen LogP contribution in [0.4, 0.5) is 5.82 Å². The third kappa shape index (κ3) is 6.77. The third-order valence-corrected chi connectivity index (χ3v) is 12.6. The number of fused-ring (bicyclic) bond motifs is 1. The van der Waals surface area contributed by atoms with Crippen molar-refractivity contribution in [2.45, 2.75) is 71.8 Å². The SMILES string of the molecule is CC1(C)C(NC(=O)c2ccc(N3CCN(Cc4ccc5c(c4Br)CN(C4CCC(=O)NC4=O)C5=O)CC3)nc2)C(C)(C)C1Oc1ccc(C#N)c(Cl)c1. The summed E-state index contributed by atoms with van der Waals surface area (Å²) in [6.07, 6.45) is 1.98. The second-order valence-electron chi connectivity index (χ2n) is 15.4. The van der Waals surface area contributed by atoms with Crippen molar-refractivity contribution in [2.75, 3.05) is 31.1 Å². The lowest BCUT2D eigenvalue weighted by atomic mass is 9.49. The van der Waals surface area contributed by atoms with Crippen LogP contribution in [0.3, 0.4) is 0 Å². The molecule has 7 rings (SSSR count). The van der Waals surface area contributed by atoms with Gasteiger partial charge in [-0.1, -0.05) is 61.3 Å². The number of amides is 4. The number of piperazine rings is 1. The molecule has 1 aliphatic carbocycles. The van der Waals surface area contributed by atoms with Crippen LogP contribution in [0.15, 0.2) is 53.1 Å². The molecule has 2 N–H and O–H groups in total. The maximum atomic E-state index is 13.4. The molecule has 4 aliphatic rings. The molecule has 276 valence electrons. The zero-order valence-electron chi connectivity index (χ0n) is 30.0. The molecular formula is C39H41BrClN7O5. The molecule has 4 amide bonds. The maximum Gasteiger partial charge on any atom is 0.255 e. The highest BCUT2D eigenvalue weighted by Gasteiger charge is 2.64. The van der Waals surface area contributed by atoms with Crippen LogP contribution in [0.2, 0.25) is 5.02 Å². The monoisotopic (exact) mass is 801 g/mol. The summed E-state index contributed by atoms with van der Waals surface area (Å²) in [4.78, 5) is 61.5. The van der Waals surface area contributed by atoms with E-state index in [1.807, 2.05) is 24.3 Å². The Kier molecular flexibility index (Phi) is 9.76. The second-order valence-corrected chi connectivity index (χ2v) is 16.6. The maximum absolute atomic E-state index is 13.4. The Bertz CT molecular complexity index is 2020. The van der Waals surface area contributed by atoms with Gasteiger partial charge in [0.05, 0.1) is 16.1 Å². The molecule has 0 radical (unpaired) electrons. The van der Waals surface area contributed by atoms with Crippen LogP contribution in [0.5, 0.6) is 5.75 Å². The topological polar surface area (TPSA) is 148 Å². The molecule has 3 aliphatic heterocycles. The lowest BCUT2D eigenvalue weighted by molar-refractivity contribution is -0.164. The Labute approximate surface area is 321 Å². The Morgan fingerprint density at radius 1 is 1.08 bits per heavy atom. The van der Waals surface area contributed by atoms with Crippen molar-refractivity contribution in [1.82, 2.24) is 25.4 Å². The van der Waals surface area contributed by atoms with E-state index in [0.717, 1.165) is 47.6 Å². The fourth-order valence-electron chi connectivity index (χ4n) is 8.67. The normalized spacial score (nSPS) is 23.5. The highest BCUT2D eigenvalue weighted by atomic mass is 79.9. The summed E-state index contributed by atoms with van der Waals surface area (Å²) in [5.74, 6) is 0.293. The first-order chi connectivity index (χ1) is 25.2. The Morgan fingerprint density at radius 3 is 2.45 bits per heavy atom. The lowest BCUT2D eigenvalue weighted by Gasteiger charge is -2.63. The summed E-state index contributed by atoms with van der Waals surface area (Å²) in [6.45, 7) is 12.4. The van der Waals surface area contributed by atoms with Crippen molar-refractivity contribution in [3.05, 3.63) is 86.0 Å². The number of rotatable bonds is 8. The molecule has 2 saturated heterocycles. The number of piperidine rings is 1. The first-order valence-corrected chi connectivity index (χ1v) is 18.9. The molecule has 53 heavy (non-hydrogen) atoms. The van der Waals surface area contributed by atoms with E-state index in [4.69, 9.17) is 16.3 Å². The average Bonchev–Trinajstić information content (AvgIpc) is 3.47. The summed E-state index contributed by atoms with van der Waals surface area (Å²) >= 11 is 9.99. The summed E-state index contributed by atoms with van der Waals surface area (Å²) < 4.78 is 7.24. The minimum absolute atomic E-state index is 0.162. The number of hydrogen-bond donors (Lipinski definition) is 2. The highest BCUT2D eigenvalue weighted by Crippen LogP contribution is 2.55. The van der Waals surface area contributed by atoms with Crippen LogP contribution in [-0.2, 0) is 22.7 Å². The number of nitrogens with one attached hydrogen (secondary N) is 2. The Balaban J connectivity index is 0.922. The van der Waals surface area contributed by atoms with Gasteiger partial charge in [-0.2, -0.15) is 5.26 Å². The number of nitriles is 1. The lowest BCUT2D eigenvalue weighted by Crippen LogP contribution is -2.74. The van der Waals surface area contributed by atoms with E-state index in [0.29, 0.717) is 47.0 Å². The number of nitrogens with zero attached hydrogens (tertiary/aromatic N) is 5. The number of benzene rings is 2. The molecule has 2 aromatic carbocycles. The largest absolute Gasteiger partial charge is 0.489 e. The number of imide groups is 1. The zero-order chi connectivity index (χ0) is 37.8. The number of halogens is 2. The fourth-order valence-corrected chi connectivity index (χ4v) is 9.48. The van der Waals surface area contributed by atoms with Gasteiger partial charge in [-0.15, -0.1) is 0 Å². The van der Waals surface area contributed by atoms with Gasteiger partial charge in [0.1, 0.15) is 29.8 Å². The van der Waals surface area contributed by atoms with E-state index in [2.05, 4.69) is 75.1 Å². The summed E-state index contributed by atoms with van der Waals surface area (Å²) in [6, 6.07) is 13.8. The molecule has 4 heterocycles. The van der Waals surface area contributed by atoms with Crippen molar-refractivity contribution in [2.24, 2.45) is 10.8 Å². The Morgan fingerprint density at radius 2 is 1.81 bits per heavy atom. The minimum Gasteiger partial charge on any atom is -0.489 e.